The van der Waals surface area contributed by atoms with Crippen LogP contribution in [0.3, 0.4) is 0 Å². The molecule has 3 nitrogen and oxygen atoms in total. The molecule has 2 aromatic carbocycles. The molecule has 2 rings (SSSR count). The van der Waals surface area contributed by atoms with Crippen molar-refractivity contribution < 1.29 is 4.79 Å². The molecule has 0 saturated carbocycles. The van der Waals surface area contributed by atoms with E-state index in [1.807, 2.05) is 6.92 Å². The van der Waals surface area contributed by atoms with Gasteiger partial charge in [-0.05, 0) is 42.8 Å². The summed E-state index contributed by atoms with van der Waals surface area (Å²) in [4.78, 5) is 12.2. The molecule has 1 amide bonds. The van der Waals surface area contributed by atoms with E-state index in [-0.39, 0.29) is 5.91 Å². The molecule has 0 aliphatic rings. The lowest BCUT2D eigenvalue weighted by Crippen LogP contribution is -2.13. The van der Waals surface area contributed by atoms with Crippen molar-refractivity contribution in [3.8, 4) is 0 Å². The van der Waals surface area contributed by atoms with Crippen molar-refractivity contribution in [1.29, 1.82) is 0 Å². The summed E-state index contributed by atoms with van der Waals surface area (Å²) in [7, 11) is 0. The predicted octanol–water partition coefficient (Wildman–Crippen LogP) is 4.14. The van der Waals surface area contributed by atoms with Gasteiger partial charge >= 0.3 is 0 Å². The van der Waals surface area contributed by atoms with Crippen LogP contribution in [-0.2, 0) is 0 Å². The fourth-order valence-electron chi connectivity index (χ4n) is 1.71. The van der Waals surface area contributed by atoms with Crippen LogP contribution in [0.4, 0.5) is 11.4 Å². The summed E-state index contributed by atoms with van der Waals surface area (Å²) in [6.07, 6.45) is 0. The molecule has 0 aromatic heterocycles. The molecule has 5 heteroatoms. The van der Waals surface area contributed by atoms with Gasteiger partial charge in [0.25, 0.3) is 5.91 Å². The number of halogens is 2. The van der Waals surface area contributed by atoms with Crippen LogP contribution < -0.4 is 11.1 Å². The van der Waals surface area contributed by atoms with Crippen LogP contribution in [-0.4, -0.2) is 5.91 Å². The van der Waals surface area contributed by atoms with Crippen molar-refractivity contribution in [3.63, 3.8) is 0 Å². The number of rotatable bonds is 2. The number of hydrogen-bond donors (Lipinski definition) is 2. The van der Waals surface area contributed by atoms with E-state index in [0.29, 0.717) is 27.0 Å². The highest BCUT2D eigenvalue weighted by Gasteiger charge is 2.10. The predicted molar refractivity (Wildman–Crippen MR) is 80.0 cm³/mol. The Bertz CT molecular complexity index is 621. The molecule has 0 saturated heterocycles. The second-order valence-electron chi connectivity index (χ2n) is 4.19. The first-order valence-electron chi connectivity index (χ1n) is 5.59. The lowest BCUT2D eigenvalue weighted by atomic mass is 10.1. The molecule has 98 valence electrons. The summed E-state index contributed by atoms with van der Waals surface area (Å²) in [6, 6.07) is 10.1. The molecule has 0 atom stereocenters. The maximum Gasteiger partial charge on any atom is 0.256 e. The van der Waals surface area contributed by atoms with E-state index in [9.17, 15) is 4.79 Å². The third-order valence-corrected chi connectivity index (χ3v) is 3.06. The molecule has 0 aliphatic heterocycles. The zero-order valence-corrected chi connectivity index (χ0v) is 11.7. The Morgan fingerprint density at radius 2 is 1.74 bits per heavy atom. The molecule has 0 aliphatic carbocycles. The second kappa shape index (κ2) is 5.51. The first-order chi connectivity index (χ1) is 8.95. The molecule has 0 fully saturated rings. The molecular weight excluding hydrogens is 283 g/mol. The van der Waals surface area contributed by atoms with Crippen molar-refractivity contribution in [3.05, 3.63) is 57.6 Å². The van der Waals surface area contributed by atoms with Gasteiger partial charge in [0.15, 0.2) is 0 Å². The molecule has 2 aromatic rings. The van der Waals surface area contributed by atoms with Crippen LogP contribution in [0.25, 0.3) is 0 Å². The summed E-state index contributed by atoms with van der Waals surface area (Å²) < 4.78 is 0. The van der Waals surface area contributed by atoms with Gasteiger partial charge in [-0.15, -0.1) is 0 Å². The Kier molecular flexibility index (Phi) is 3.98. The minimum absolute atomic E-state index is 0.247. The van der Waals surface area contributed by atoms with Gasteiger partial charge in [-0.25, -0.2) is 0 Å². The Labute approximate surface area is 121 Å². The van der Waals surface area contributed by atoms with Crippen LogP contribution >= 0.6 is 23.2 Å². The van der Waals surface area contributed by atoms with E-state index in [1.165, 1.54) is 0 Å². The van der Waals surface area contributed by atoms with Crippen LogP contribution in [0, 0.1) is 6.92 Å². The summed E-state index contributed by atoms with van der Waals surface area (Å²) in [5.74, 6) is -0.247. The van der Waals surface area contributed by atoms with E-state index in [2.05, 4.69) is 5.32 Å². The smallest absolute Gasteiger partial charge is 0.256 e. The number of aryl methyl sites for hydroxylation is 1. The molecule has 3 N–H and O–H groups in total. The standard InChI is InChI=1S/C14H12Cl2N2O/c1-8-2-3-11(17)7-13(8)14(19)18-12-5-9(15)4-10(16)6-12/h2-7H,17H2,1H3,(H,18,19). The van der Waals surface area contributed by atoms with E-state index < -0.39 is 0 Å². The minimum atomic E-state index is -0.247. The van der Waals surface area contributed by atoms with Crippen LogP contribution in [0.5, 0.6) is 0 Å². The number of carbonyl (C=O) groups is 1. The van der Waals surface area contributed by atoms with Crippen LogP contribution in [0.1, 0.15) is 15.9 Å². The minimum Gasteiger partial charge on any atom is -0.399 e. The van der Waals surface area contributed by atoms with E-state index in [1.54, 1.807) is 36.4 Å². The number of amides is 1. The van der Waals surface area contributed by atoms with Gasteiger partial charge in [0.05, 0.1) is 0 Å². The number of nitrogens with two attached hydrogens (primary N) is 1. The molecular formula is C14H12Cl2N2O. The van der Waals surface area contributed by atoms with Gasteiger partial charge in [0, 0.05) is 27.0 Å². The maximum atomic E-state index is 12.2. The van der Waals surface area contributed by atoms with Crippen LogP contribution in [0.2, 0.25) is 10.0 Å². The second-order valence-corrected chi connectivity index (χ2v) is 5.06. The van der Waals surface area contributed by atoms with Crippen molar-refractivity contribution in [2.75, 3.05) is 11.1 Å². The first kappa shape index (κ1) is 13.7. The third-order valence-electron chi connectivity index (χ3n) is 2.63. The van der Waals surface area contributed by atoms with E-state index in [4.69, 9.17) is 28.9 Å². The zero-order chi connectivity index (χ0) is 14.0. The number of hydrogen-bond acceptors (Lipinski definition) is 2. The average molecular weight is 295 g/mol. The lowest BCUT2D eigenvalue weighted by Gasteiger charge is -2.09. The van der Waals surface area contributed by atoms with Gasteiger partial charge in [-0.2, -0.15) is 0 Å². The fraction of sp³-hybridized carbons (Fsp3) is 0.0714. The number of benzene rings is 2. The quantitative estimate of drug-likeness (QED) is 0.818. The molecule has 0 heterocycles. The summed E-state index contributed by atoms with van der Waals surface area (Å²) >= 11 is 11.8. The maximum absolute atomic E-state index is 12.2. The largest absolute Gasteiger partial charge is 0.399 e. The lowest BCUT2D eigenvalue weighted by molar-refractivity contribution is 0.102. The van der Waals surface area contributed by atoms with E-state index in [0.717, 1.165) is 5.56 Å². The molecule has 0 unspecified atom stereocenters. The zero-order valence-electron chi connectivity index (χ0n) is 10.2. The highest BCUT2D eigenvalue weighted by molar-refractivity contribution is 6.35. The van der Waals surface area contributed by atoms with Gasteiger partial charge in [-0.3, -0.25) is 4.79 Å². The van der Waals surface area contributed by atoms with Crippen molar-refractivity contribution >= 4 is 40.5 Å². The first-order valence-corrected chi connectivity index (χ1v) is 6.35. The molecule has 0 bridgehead atoms. The summed E-state index contributed by atoms with van der Waals surface area (Å²) in [5.41, 5.74) is 8.14. The summed E-state index contributed by atoms with van der Waals surface area (Å²) in [6.45, 7) is 1.85. The Hall–Kier alpha value is -1.71. The Morgan fingerprint density at radius 3 is 2.37 bits per heavy atom. The number of carbonyl (C=O) groups excluding carboxylic acids is 1. The SMILES string of the molecule is Cc1ccc(N)cc1C(=O)Nc1cc(Cl)cc(Cl)c1. The highest BCUT2D eigenvalue weighted by atomic mass is 35.5. The van der Waals surface area contributed by atoms with Crippen molar-refractivity contribution in [2.45, 2.75) is 6.92 Å². The van der Waals surface area contributed by atoms with Gasteiger partial charge in [-0.1, -0.05) is 29.3 Å². The number of nitrogen functional groups attached to an aromatic ring is 1. The number of nitrogens with one attached hydrogen (secondary N) is 1. The topological polar surface area (TPSA) is 55.1 Å². The summed E-state index contributed by atoms with van der Waals surface area (Å²) in [5, 5.41) is 3.67. The highest BCUT2D eigenvalue weighted by Crippen LogP contribution is 2.23. The fourth-order valence-corrected chi connectivity index (χ4v) is 2.23. The van der Waals surface area contributed by atoms with Crippen molar-refractivity contribution in [1.82, 2.24) is 0 Å². The van der Waals surface area contributed by atoms with Gasteiger partial charge in [0.1, 0.15) is 0 Å². The molecule has 0 radical (unpaired) electrons. The molecule has 19 heavy (non-hydrogen) atoms. The Balaban J connectivity index is 2.28. The van der Waals surface area contributed by atoms with Crippen molar-refractivity contribution in [2.24, 2.45) is 0 Å². The third kappa shape index (κ3) is 3.40. The number of anilines is 2. The van der Waals surface area contributed by atoms with Gasteiger partial charge < -0.3 is 11.1 Å². The normalized spacial score (nSPS) is 10.3. The molecule has 0 spiro atoms. The monoisotopic (exact) mass is 294 g/mol. The average Bonchev–Trinajstić information content (AvgIpc) is 2.30. The van der Waals surface area contributed by atoms with E-state index >= 15 is 0 Å². The Morgan fingerprint density at radius 1 is 1.11 bits per heavy atom. The van der Waals surface area contributed by atoms with Crippen LogP contribution in [0.15, 0.2) is 36.4 Å². The van der Waals surface area contributed by atoms with Gasteiger partial charge in [0.2, 0.25) is 0 Å².